The molecule has 0 aromatic heterocycles. The van der Waals surface area contributed by atoms with E-state index < -0.39 is 6.09 Å². The average molecular weight is 356 g/mol. The van der Waals surface area contributed by atoms with Gasteiger partial charge >= 0.3 is 6.09 Å². The van der Waals surface area contributed by atoms with Crippen molar-refractivity contribution in [3.8, 4) is 5.75 Å². The van der Waals surface area contributed by atoms with Crippen molar-refractivity contribution < 1.29 is 14.3 Å². The summed E-state index contributed by atoms with van der Waals surface area (Å²) in [5, 5.41) is 9.13. The zero-order valence-corrected chi connectivity index (χ0v) is 15.2. The summed E-state index contributed by atoms with van der Waals surface area (Å²) in [4.78, 5) is 15.4. The minimum Gasteiger partial charge on any atom is -0.497 e. The Bertz CT molecular complexity index is 727. The number of nitrogens with zero attached hydrogens (tertiary/aromatic N) is 1. The third-order valence-electron chi connectivity index (χ3n) is 3.69. The van der Waals surface area contributed by atoms with Crippen LogP contribution in [0.25, 0.3) is 0 Å². The summed E-state index contributed by atoms with van der Waals surface area (Å²) in [5.41, 5.74) is 2.88. The van der Waals surface area contributed by atoms with E-state index in [1.165, 1.54) is 7.11 Å². The Morgan fingerprint density at radius 3 is 1.92 bits per heavy atom. The molecule has 7 nitrogen and oxygen atoms in total. The fourth-order valence-corrected chi connectivity index (χ4v) is 2.21. The first kappa shape index (κ1) is 19.1. The normalized spacial score (nSPS) is 10.8. The zero-order chi connectivity index (χ0) is 18.8. The van der Waals surface area contributed by atoms with Crippen molar-refractivity contribution >= 4 is 17.7 Å². The Balaban J connectivity index is 1.81. The van der Waals surface area contributed by atoms with Crippen LogP contribution in [0.15, 0.2) is 53.5 Å². The van der Waals surface area contributed by atoms with E-state index in [2.05, 4.69) is 25.7 Å². The van der Waals surface area contributed by atoms with Gasteiger partial charge in [-0.3, -0.25) is 10.3 Å². The Hall–Kier alpha value is -3.22. The van der Waals surface area contributed by atoms with Crippen LogP contribution in [-0.4, -0.2) is 33.3 Å². The van der Waals surface area contributed by atoms with E-state index in [9.17, 15) is 4.79 Å². The fourth-order valence-electron chi connectivity index (χ4n) is 2.21. The van der Waals surface area contributed by atoms with Gasteiger partial charge in [-0.25, -0.2) is 4.79 Å². The van der Waals surface area contributed by atoms with Crippen molar-refractivity contribution in [2.45, 2.75) is 13.1 Å². The molecule has 0 heterocycles. The SMILES string of the molecule is CN=C(NCc1ccc(NC(=O)OC)cc1)NCc1ccc(OC)cc1. The molecule has 0 aliphatic heterocycles. The number of nitrogens with one attached hydrogen (secondary N) is 3. The molecular weight excluding hydrogens is 332 g/mol. The van der Waals surface area contributed by atoms with E-state index in [1.54, 1.807) is 14.2 Å². The molecule has 0 saturated heterocycles. The second-order valence-electron chi connectivity index (χ2n) is 5.44. The molecule has 2 rings (SSSR count). The molecule has 0 saturated carbocycles. The smallest absolute Gasteiger partial charge is 0.411 e. The highest BCUT2D eigenvalue weighted by Crippen LogP contribution is 2.11. The molecule has 1 amide bonds. The van der Waals surface area contributed by atoms with Crippen LogP contribution in [0.4, 0.5) is 10.5 Å². The zero-order valence-electron chi connectivity index (χ0n) is 15.2. The maximum Gasteiger partial charge on any atom is 0.411 e. The number of benzene rings is 2. The summed E-state index contributed by atoms with van der Waals surface area (Å²) >= 11 is 0. The largest absolute Gasteiger partial charge is 0.497 e. The number of hydrogen-bond acceptors (Lipinski definition) is 4. The molecular formula is C19H24N4O3. The van der Waals surface area contributed by atoms with Gasteiger partial charge in [-0.15, -0.1) is 0 Å². The first-order valence-corrected chi connectivity index (χ1v) is 8.16. The minimum absolute atomic E-state index is 0.487. The molecule has 0 atom stereocenters. The molecule has 7 heteroatoms. The van der Waals surface area contributed by atoms with Crippen molar-refractivity contribution in [2.75, 3.05) is 26.6 Å². The van der Waals surface area contributed by atoms with Crippen molar-refractivity contribution in [2.24, 2.45) is 4.99 Å². The molecule has 2 aromatic carbocycles. The predicted molar refractivity (Wildman–Crippen MR) is 103 cm³/mol. The van der Waals surface area contributed by atoms with E-state index in [0.717, 1.165) is 16.9 Å². The summed E-state index contributed by atoms with van der Waals surface area (Å²) in [6.45, 7) is 1.27. The number of carbonyl (C=O) groups is 1. The highest BCUT2D eigenvalue weighted by molar-refractivity contribution is 5.84. The molecule has 0 spiro atoms. The van der Waals surface area contributed by atoms with Gasteiger partial charge in [0.05, 0.1) is 14.2 Å². The minimum atomic E-state index is -0.487. The Kier molecular flexibility index (Phi) is 7.30. The quantitative estimate of drug-likeness (QED) is 0.547. The van der Waals surface area contributed by atoms with Crippen LogP contribution in [0.5, 0.6) is 5.75 Å². The highest BCUT2D eigenvalue weighted by Gasteiger charge is 2.02. The highest BCUT2D eigenvalue weighted by atomic mass is 16.5. The molecule has 0 aliphatic carbocycles. The Labute approximate surface area is 153 Å². The topological polar surface area (TPSA) is 84.0 Å². The van der Waals surface area contributed by atoms with E-state index in [0.29, 0.717) is 24.7 Å². The first-order valence-electron chi connectivity index (χ1n) is 8.16. The monoisotopic (exact) mass is 356 g/mol. The van der Waals surface area contributed by atoms with Gasteiger partial charge < -0.3 is 20.1 Å². The molecule has 0 unspecified atom stereocenters. The third-order valence-corrected chi connectivity index (χ3v) is 3.69. The van der Waals surface area contributed by atoms with Crippen LogP contribution in [0.2, 0.25) is 0 Å². The van der Waals surface area contributed by atoms with Gasteiger partial charge in [-0.2, -0.15) is 0 Å². The number of aliphatic imine (C=N–C) groups is 1. The lowest BCUT2D eigenvalue weighted by atomic mass is 10.2. The van der Waals surface area contributed by atoms with Crippen LogP contribution in [0.3, 0.4) is 0 Å². The number of ether oxygens (including phenoxy) is 2. The summed E-state index contributed by atoms with van der Waals surface area (Å²) in [7, 11) is 4.71. The lowest BCUT2D eigenvalue weighted by Gasteiger charge is -2.12. The van der Waals surface area contributed by atoms with E-state index in [1.807, 2.05) is 48.5 Å². The second-order valence-corrected chi connectivity index (χ2v) is 5.44. The second kappa shape index (κ2) is 9.93. The molecule has 26 heavy (non-hydrogen) atoms. The maximum absolute atomic E-state index is 11.2. The fraction of sp³-hybridized carbons (Fsp3) is 0.263. The lowest BCUT2D eigenvalue weighted by Crippen LogP contribution is -2.36. The predicted octanol–water partition coefficient (Wildman–Crippen LogP) is 2.74. The van der Waals surface area contributed by atoms with E-state index in [4.69, 9.17) is 4.74 Å². The molecule has 0 aliphatic rings. The number of anilines is 1. The van der Waals surface area contributed by atoms with Crippen LogP contribution < -0.4 is 20.7 Å². The number of methoxy groups -OCH3 is 2. The molecule has 0 bridgehead atoms. The summed E-state index contributed by atoms with van der Waals surface area (Å²) in [6, 6.07) is 15.4. The van der Waals surface area contributed by atoms with Gasteiger partial charge in [0.25, 0.3) is 0 Å². The van der Waals surface area contributed by atoms with Crippen molar-refractivity contribution in [3.63, 3.8) is 0 Å². The number of carbonyl (C=O) groups excluding carboxylic acids is 1. The maximum atomic E-state index is 11.2. The van der Waals surface area contributed by atoms with Gasteiger partial charge in [-0.1, -0.05) is 24.3 Å². The number of guanidine groups is 1. The van der Waals surface area contributed by atoms with Gasteiger partial charge in [0, 0.05) is 25.8 Å². The van der Waals surface area contributed by atoms with Crippen molar-refractivity contribution in [1.82, 2.24) is 10.6 Å². The summed E-state index contributed by atoms with van der Waals surface area (Å²) in [5.74, 6) is 1.54. The first-order chi connectivity index (χ1) is 12.6. The molecule has 3 N–H and O–H groups in total. The number of hydrogen-bond donors (Lipinski definition) is 3. The van der Waals surface area contributed by atoms with Gasteiger partial charge in [0.15, 0.2) is 5.96 Å². The average Bonchev–Trinajstić information content (AvgIpc) is 2.69. The number of amides is 1. The summed E-state index contributed by atoms with van der Waals surface area (Å²) in [6.07, 6.45) is -0.487. The molecule has 138 valence electrons. The van der Waals surface area contributed by atoms with Crippen LogP contribution >= 0.6 is 0 Å². The molecule has 0 fully saturated rings. The van der Waals surface area contributed by atoms with E-state index in [-0.39, 0.29) is 0 Å². The van der Waals surface area contributed by atoms with Gasteiger partial charge in [-0.05, 0) is 35.4 Å². The van der Waals surface area contributed by atoms with Crippen molar-refractivity contribution in [1.29, 1.82) is 0 Å². The summed E-state index contributed by atoms with van der Waals surface area (Å²) < 4.78 is 9.71. The van der Waals surface area contributed by atoms with Crippen molar-refractivity contribution in [3.05, 3.63) is 59.7 Å². The van der Waals surface area contributed by atoms with Crippen LogP contribution in [-0.2, 0) is 17.8 Å². The molecule has 0 radical (unpaired) electrons. The van der Waals surface area contributed by atoms with Crippen LogP contribution in [0, 0.1) is 0 Å². The van der Waals surface area contributed by atoms with Crippen LogP contribution in [0.1, 0.15) is 11.1 Å². The standard InChI is InChI=1S/C19H24N4O3/c1-20-18(22-13-15-6-10-17(25-2)11-7-15)21-12-14-4-8-16(9-5-14)23-19(24)26-3/h4-11H,12-13H2,1-3H3,(H,23,24)(H2,20,21,22). The van der Waals surface area contributed by atoms with E-state index >= 15 is 0 Å². The van der Waals surface area contributed by atoms with Gasteiger partial charge in [0.1, 0.15) is 5.75 Å². The number of rotatable bonds is 6. The van der Waals surface area contributed by atoms with Gasteiger partial charge in [0.2, 0.25) is 0 Å². The third kappa shape index (κ3) is 6.01. The molecule has 2 aromatic rings. The Morgan fingerprint density at radius 2 is 1.46 bits per heavy atom. The lowest BCUT2D eigenvalue weighted by molar-refractivity contribution is 0.187. The Morgan fingerprint density at radius 1 is 0.923 bits per heavy atom.